The topological polar surface area (TPSA) is 15.3 Å². The number of hydrogen-bond donors (Lipinski definition) is 1. The van der Waals surface area contributed by atoms with Crippen molar-refractivity contribution in [2.24, 2.45) is 5.92 Å². The molecule has 2 nitrogen and oxygen atoms in total. The average molecular weight is 321 g/mol. The molecule has 0 aromatic heterocycles. The van der Waals surface area contributed by atoms with Gasteiger partial charge in [0.2, 0.25) is 0 Å². The molecule has 1 aromatic carbocycles. The third-order valence-electron chi connectivity index (χ3n) is 5.68. The molecule has 122 valence electrons. The lowest BCUT2D eigenvalue weighted by Crippen LogP contribution is -2.40. The molecule has 0 bridgehead atoms. The molecule has 3 heteroatoms. The molecule has 4 rings (SSSR count). The van der Waals surface area contributed by atoms with E-state index < -0.39 is 0 Å². The number of nitrogens with zero attached hydrogens (tertiary/aromatic N) is 1. The second-order valence-electron chi connectivity index (χ2n) is 7.23. The molecule has 0 spiro atoms. The number of benzene rings is 1. The molecule has 1 atom stereocenters. The molecular formula is C19H29ClN2. The van der Waals surface area contributed by atoms with Crippen molar-refractivity contribution in [1.29, 1.82) is 0 Å². The largest absolute Gasteiger partial charge is 0.317 e. The standard InChI is InChI=1S/C19H28N2.ClH/c1-2-6-18-16(4-1)5-3-7-19(18)21(17-8-9-17)14-15-10-12-20-13-11-15;/h1-2,4,6,15,17,19-20H,3,5,7-14H2;1H. The van der Waals surface area contributed by atoms with Crippen molar-refractivity contribution in [3.8, 4) is 0 Å². The molecule has 3 aliphatic rings. The molecule has 1 aromatic rings. The van der Waals surface area contributed by atoms with E-state index in [-0.39, 0.29) is 12.4 Å². The number of piperidine rings is 1. The summed E-state index contributed by atoms with van der Waals surface area (Å²) >= 11 is 0. The molecular weight excluding hydrogens is 292 g/mol. The minimum Gasteiger partial charge on any atom is -0.317 e. The highest BCUT2D eigenvalue weighted by Gasteiger charge is 2.37. The van der Waals surface area contributed by atoms with Gasteiger partial charge in [0.05, 0.1) is 0 Å². The van der Waals surface area contributed by atoms with Crippen LogP contribution in [0.15, 0.2) is 24.3 Å². The fourth-order valence-electron chi connectivity index (χ4n) is 4.37. The van der Waals surface area contributed by atoms with Gasteiger partial charge in [-0.05, 0) is 75.1 Å². The van der Waals surface area contributed by atoms with Crippen molar-refractivity contribution >= 4 is 12.4 Å². The van der Waals surface area contributed by atoms with E-state index in [1.54, 1.807) is 11.1 Å². The van der Waals surface area contributed by atoms with Gasteiger partial charge in [0.25, 0.3) is 0 Å². The van der Waals surface area contributed by atoms with Crippen LogP contribution in [0, 0.1) is 5.92 Å². The summed E-state index contributed by atoms with van der Waals surface area (Å²) in [7, 11) is 0. The highest BCUT2D eigenvalue weighted by molar-refractivity contribution is 5.85. The van der Waals surface area contributed by atoms with E-state index in [2.05, 4.69) is 34.5 Å². The Hall–Kier alpha value is -0.570. The van der Waals surface area contributed by atoms with Gasteiger partial charge in [0.1, 0.15) is 0 Å². The van der Waals surface area contributed by atoms with Gasteiger partial charge in [-0.25, -0.2) is 0 Å². The minimum atomic E-state index is 0. The summed E-state index contributed by atoms with van der Waals surface area (Å²) < 4.78 is 0. The normalized spacial score (nSPS) is 25.6. The van der Waals surface area contributed by atoms with Gasteiger partial charge in [0.15, 0.2) is 0 Å². The molecule has 1 saturated heterocycles. The van der Waals surface area contributed by atoms with Crippen LogP contribution in [-0.2, 0) is 6.42 Å². The second kappa shape index (κ2) is 7.33. The van der Waals surface area contributed by atoms with Crippen LogP contribution in [0.25, 0.3) is 0 Å². The number of hydrogen-bond acceptors (Lipinski definition) is 2. The highest BCUT2D eigenvalue weighted by Crippen LogP contribution is 2.41. The van der Waals surface area contributed by atoms with Crippen LogP contribution >= 0.6 is 12.4 Å². The predicted octanol–water partition coefficient (Wildman–Crippen LogP) is 3.95. The zero-order valence-electron chi connectivity index (χ0n) is 13.5. The zero-order chi connectivity index (χ0) is 14.1. The van der Waals surface area contributed by atoms with Gasteiger partial charge in [0, 0.05) is 18.6 Å². The van der Waals surface area contributed by atoms with E-state index in [0.717, 1.165) is 12.0 Å². The van der Waals surface area contributed by atoms with Crippen LogP contribution in [0.2, 0.25) is 0 Å². The molecule has 2 fully saturated rings. The molecule has 0 amide bonds. The molecule has 1 aliphatic heterocycles. The summed E-state index contributed by atoms with van der Waals surface area (Å²) in [4.78, 5) is 2.90. The van der Waals surface area contributed by atoms with Crippen molar-refractivity contribution in [2.45, 2.75) is 57.0 Å². The zero-order valence-corrected chi connectivity index (χ0v) is 14.3. The minimum absolute atomic E-state index is 0. The third kappa shape index (κ3) is 3.50. The molecule has 1 unspecified atom stereocenters. The van der Waals surface area contributed by atoms with Crippen LogP contribution in [0.5, 0.6) is 0 Å². The number of aryl methyl sites for hydroxylation is 1. The summed E-state index contributed by atoms with van der Waals surface area (Å²) in [6, 6.07) is 10.8. The lowest BCUT2D eigenvalue weighted by atomic mass is 9.85. The van der Waals surface area contributed by atoms with Crippen molar-refractivity contribution < 1.29 is 0 Å². The van der Waals surface area contributed by atoms with Crippen LogP contribution in [0.4, 0.5) is 0 Å². The van der Waals surface area contributed by atoms with E-state index in [9.17, 15) is 0 Å². The molecule has 22 heavy (non-hydrogen) atoms. The fraction of sp³-hybridized carbons (Fsp3) is 0.684. The van der Waals surface area contributed by atoms with Gasteiger partial charge in [-0.3, -0.25) is 4.90 Å². The highest BCUT2D eigenvalue weighted by atomic mass is 35.5. The third-order valence-corrected chi connectivity index (χ3v) is 5.68. The Morgan fingerprint density at radius 3 is 2.55 bits per heavy atom. The first-order valence-electron chi connectivity index (χ1n) is 8.96. The van der Waals surface area contributed by atoms with E-state index in [1.807, 2.05) is 0 Å². The van der Waals surface area contributed by atoms with E-state index in [0.29, 0.717) is 6.04 Å². The van der Waals surface area contributed by atoms with Crippen LogP contribution < -0.4 is 5.32 Å². The molecule has 0 radical (unpaired) electrons. The van der Waals surface area contributed by atoms with Gasteiger partial charge in [-0.2, -0.15) is 0 Å². The Labute approximate surface area is 141 Å². The fourth-order valence-corrected chi connectivity index (χ4v) is 4.37. The summed E-state index contributed by atoms with van der Waals surface area (Å²) in [5.41, 5.74) is 3.26. The molecule has 1 saturated carbocycles. The van der Waals surface area contributed by atoms with E-state index >= 15 is 0 Å². The average Bonchev–Trinajstić information content (AvgIpc) is 3.38. The summed E-state index contributed by atoms with van der Waals surface area (Å²) in [5.74, 6) is 0.918. The first-order valence-corrected chi connectivity index (χ1v) is 8.96. The van der Waals surface area contributed by atoms with Crippen LogP contribution in [0.3, 0.4) is 0 Å². The van der Waals surface area contributed by atoms with Gasteiger partial charge < -0.3 is 5.32 Å². The van der Waals surface area contributed by atoms with Crippen molar-refractivity contribution in [3.63, 3.8) is 0 Å². The molecule has 1 heterocycles. The van der Waals surface area contributed by atoms with Crippen molar-refractivity contribution in [1.82, 2.24) is 10.2 Å². The van der Waals surface area contributed by atoms with Gasteiger partial charge in [-0.15, -0.1) is 12.4 Å². The number of halogens is 1. The van der Waals surface area contributed by atoms with Crippen LogP contribution in [0.1, 0.15) is 55.7 Å². The Balaban J connectivity index is 0.00000144. The van der Waals surface area contributed by atoms with E-state index in [4.69, 9.17) is 0 Å². The maximum absolute atomic E-state index is 3.51. The lowest BCUT2D eigenvalue weighted by molar-refractivity contribution is 0.130. The number of fused-ring (bicyclic) bond motifs is 1. The Bertz CT molecular complexity index is 480. The van der Waals surface area contributed by atoms with Gasteiger partial charge >= 0.3 is 0 Å². The quantitative estimate of drug-likeness (QED) is 0.903. The lowest BCUT2D eigenvalue weighted by Gasteiger charge is -2.39. The number of rotatable bonds is 4. The Morgan fingerprint density at radius 2 is 1.77 bits per heavy atom. The second-order valence-corrected chi connectivity index (χ2v) is 7.23. The maximum Gasteiger partial charge on any atom is 0.0354 e. The first kappa shape index (κ1) is 16.3. The van der Waals surface area contributed by atoms with E-state index in [1.165, 1.54) is 64.6 Å². The van der Waals surface area contributed by atoms with Gasteiger partial charge in [-0.1, -0.05) is 24.3 Å². The predicted molar refractivity (Wildman–Crippen MR) is 94.7 cm³/mol. The number of nitrogens with one attached hydrogen (secondary N) is 1. The molecule has 2 aliphatic carbocycles. The summed E-state index contributed by atoms with van der Waals surface area (Å²) in [5, 5.41) is 3.51. The molecule has 1 N–H and O–H groups in total. The van der Waals surface area contributed by atoms with Crippen molar-refractivity contribution in [3.05, 3.63) is 35.4 Å². The maximum atomic E-state index is 3.51. The van der Waals surface area contributed by atoms with Crippen LogP contribution in [-0.4, -0.2) is 30.6 Å². The first-order chi connectivity index (χ1) is 10.4. The SMILES string of the molecule is Cl.c1ccc2c(c1)CCCC2N(CC1CCNCC1)C1CC1. The Kier molecular flexibility index (Phi) is 5.43. The van der Waals surface area contributed by atoms with Crippen molar-refractivity contribution in [2.75, 3.05) is 19.6 Å². The smallest absolute Gasteiger partial charge is 0.0354 e. The summed E-state index contributed by atoms with van der Waals surface area (Å²) in [6.07, 6.45) is 9.65. The summed E-state index contributed by atoms with van der Waals surface area (Å²) in [6.45, 7) is 3.79. The Morgan fingerprint density at radius 1 is 1.00 bits per heavy atom. The monoisotopic (exact) mass is 320 g/mol.